The van der Waals surface area contributed by atoms with Gasteiger partial charge in [0.15, 0.2) is 9.84 Å². The molecule has 1 aliphatic heterocycles. The zero-order chi connectivity index (χ0) is 15.1. The second kappa shape index (κ2) is 5.13. The molecule has 112 valence electrons. The quantitative estimate of drug-likeness (QED) is 0.904. The Balaban J connectivity index is 2.33. The Morgan fingerprint density at radius 3 is 2.15 bits per heavy atom. The molecule has 0 aromatic heterocycles. The lowest BCUT2D eigenvalue weighted by Gasteiger charge is -2.16. The van der Waals surface area contributed by atoms with Gasteiger partial charge < -0.3 is 0 Å². The highest BCUT2D eigenvalue weighted by atomic mass is 32.2. The molecule has 0 amide bonds. The van der Waals surface area contributed by atoms with E-state index in [9.17, 15) is 16.8 Å². The van der Waals surface area contributed by atoms with Gasteiger partial charge in [0.05, 0.1) is 16.4 Å². The Kier molecular flexibility index (Phi) is 3.96. The van der Waals surface area contributed by atoms with Gasteiger partial charge >= 0.3 is 0 Å². The number of rotatable bonds is 3. The minimum atomic E-state index is -3.69. The maximum atomic E-state index is 12.4. The lowest BCUT2D eigenvalue weighted by atomic mass is 10.1. The summed E-state index contributed by atoms with van der Waals surface area (Å²) < 4.78 is 50.2. The molecule has 1 aliphatic rings. The van der Waals surface area contributed by atoms with Gasteiger partial charge in [0.2, 0.25) is 10.0 Å². The monoisotopic (exact) mass is 317 g/mol. The number of hydrogen-bond acceptors (Lipinski definition) is 4. The zero-order valence-corrected chi connectivity index (χ0v) is 13.4. The van der Waals surface area contributed by atoms with Crippen LogP contribution in [0, 0.1) is 20.8 Å². The number of benzene rings is 1. The fourth-order valence-electron chi connectivity index (χ4n) is 2.76. The van der Waals surface area contributed by atoms with Gasteiger partial charge in [-0.3, -0.25) is 0 Å². The summed E-state index contributed by atoms with van der Waals surface area (Å²) in [5.41, 5.74) is 2.36. The molecule has 1 aromatic rings. The van der Waals surface area contributed by atoms with Crippen LogP contribution in [0.15, 0.2) is 17.0 Å². The normalized spacial score (nSPS) is 22.1. The summed E-state index contributed by atoms with van der Waals surface area (Å²) in [5, 5.41) is 0. The van der Waals surface area contributed by atoms with Gasteiger partial charge in [-0.15, -0.1) is 0 Å². The first-order chi connectivity index (χ1) is 9.11. The topological polar surface area (TPSA) is 80.3 Å². The van der Waals surface area contributed by atoms with Gasteiger partial charge in [-0.05, 0) is 38.3 Å². The lowest BCUT2D eigenvalue weighted by molar-refractivity contribution is 0.561. The van der Waals surface area contributed by atoms with E-state index in [1.165, 1.54) is 0 Å². The molecule has 20 heavy (non-hydrogen) atoms. The highest BCUT2D eigenvalue weighted by Crippen LogP contribution is 2.23. The van der Waals surface area contributed by atoms with Gasteiger partial charge in [0.25, 0.3) is 0 Å². The van der Waals surface area contributed by atoms with Crippen LogP contribution in [0.2, 0.25) is 0 Å². The zero-order valence-electron chi connectivity index (χ0n) is 11.8. The molecule has 1 unspecified atom stereocenters. The second-order valence-corrected chi connectivity index (χ2v) is 9.33. The summed E-state index contributed by atoms with van der Waals surface area (Å²) in [6.45, 7) is 5.41. The predicted octanol–water partition coefficient (Wildman–Crippen LogP) is 1.08. The maximum absolute atomic E-state index is 12.4. The van der Waals surface area contributed by atoms with Crippen LogP contribution in [0.3, 0.4) is 0 Å². The van der Waals surface area contributed by atoms with Crippen molar-refractivity contribution in [1.82, 2.24) is 4.72 Å². The number of nitrogens with one attached hydrogen (secondary N) is 1. The minimum Gasteiger partial charge on any atom is -0.229 e. The summed E-state index contributed by atoms with van der Waals surface area (Å²) in [7, 11) is -6.79. The SMILES string of the molecule is Cc1cc(C)c(S(=O)(=O)NC2CCS(=O)(=O)C2)c(C)c1. The molecule has 1 fully saturated rings. The molecule has 1 atom stereocenters. The van der Waals surface area contributed by atoms with Crippen LogP contribution in [-0.2, 0) is 19.9 Å². The fraction of sp³-hybridized carbons (Fsp3) is 0.538. The third-order valence-electron chi connectivity index (χ3n) is 3.43. The average Bonchev–Trinajstić information content (AvgIpc) is 2.54. The predicted molar refractivity (Wildman–Crippen MR) is 78.0 cm³/mol. The van der Waals surface area contributed by atoms with Crippen LogP contribution in [0.5, 0.6) is 0 Å². The van der Waals surface area contributed by atoms with E-state index in [0.717, 1.165) is 5.56 Å². The molecule has 5 nitrogen and oxygen atoms in total. The highest BCUT2D eigenvalue weighted by Gasteiger charge is 2.32. The second-order valence-electron chi connectivity index (χ2n) is 5.45. The first-order valence-electron chi connectivity index (χ1n) is 6.41. The molecule has 1 heterocycles. The van der Waals surface area contributed by atoms with Crippen LogP contribution in [-0.4, -0.2) is 34.4 Å². The van der Waals surface area contributed by atoms with E-state index in [4.69, 9.17) is 0 Å². The largest absolute Gasteiger partial charge is 0.241 e. The van der Waals surface area contributed by atoms with Crippen molar-refractivity contribution in [2.45, 2.75) is 38.1 Å². The first kappa shape index (κ1) is 15.5. The lowest BCUT2D eigenvalue weighted by Crippen LogP contribution is -2.36. The first-order valence-corrected chi connectivity index (χ1v) is 9.72. The van der Waals surface area contributed by atoms with Crippen molar-refractivity contribution < 1.29 is 16.8 Å². The van der Waals surface area contributed by atoms with Crippen molar-refractivity contribution in [2.75, 3.05) is 11.5 Å². The van der Waals surface area contributed by atoms with Crippen LogP contribution in [0.1, 0.15) is 23.1 Å². The van der Waals surface area contributed by atoms with Crippen LogP contribution >= 0.6 is 0 Å². The molecule has 1 N–H and O–H groups in total. The Morgan fingerprint density at radius 1 is 1.15 bits per heavy atom. The summed E-state index contributed by atoms with van der Waals surface area (Å²) in [6.07, 6.45) is 0.339. The van der Waals surface area contributed by atoms with E-state index in [0.29, 0.717) is 17.5 Å². The molecule has 0 radical (unpaired) electrons. The van der Waals surface area contributed by atoms with Crippen LogP contribution < -0.4 is 4.72 Å². The van der Waals surface area contributed by atoms with Crippen molar-refractivity contribution in [3.05, 3.63) is 28.8 Å². The maximum Gasteiger partial charge on any atom is 0.241 e. The molecule has 1 saturated heterocycles. The smallest absolute Gasteiger partial charge is 0.229 e. The van der Waals surface area contributed by atoms with Crippen molar-refractivity contribution in [3.63, 3.8) is 0 Å². The average molecular weight is 317 g/mol. The van der Waals surface area contributed by atoms with E-state index < -0.39 is 25.9 Å². The molecule has 0 aliphatic carbocycles. The van der Waals surface area contributed by atoms with Crippen molar-refractivity contribution in [2.24, 2.45) is 0 Å². The Morgan fingerprint density at radius 2 is 1.70 bits per heavy atom. The number of hydrogen-bond donors (Lipinski definition) is 1. The van der Waals surface area contributed by atoms with E-state index >= 15 is 0 Å². The van der Waals surface area contributed by atoms with E-state index in [1.807, 2.05) is 19.1 Å². The van der Waals surface area contributed by atoms with Gasteiger partial charge in [0, 0.05) is 6.04 Å². The van der Waals surface area contributed by atoms with Gasteiger partial charge in [-0.1, -0.05) is 17.7 Å². The molecule has 2 rings (SSSR count). The summed E-state index contributed by atoms with van der Waals surface area (Å²) >= 11 is 0. The summed E-state index contributed by atoms with van der Waals surface area (Å²) in [5.74, 6) is -0.0672. The standard InChI is InChI=1S/C13H19NO4S2/c1-9-6-10(2)13(11(3)7-9)20(17,18)14-12-4-5-19(15,16)8-12/h6-7,12,14H,4-5,8H2,1-3H3. The molecular weight excluding hydrogens is 298 g/mol. The van der Waals surface area contributed by atoms with Gasteiger partial charge in [-0.2, -0.15) is 0 Å². The van der Waals surface area contributed by atoms with E-state index in [2.05, 4.69) is 4.72 Å². The van der Waals surface area contributed by atoms with Gasteiger partial charge in [0.1, 0.15) is 0 Å². The Labute approximate surface area is 120 Å². The molecule has 7 heteroatoms. The third-order valence-corrected chi connectivity index (χ3v) is 7.02. The Bertz CT molecular complexity index is 713. The van der Waals surface area contributed by atoms with Crippen LogP contribution in [0.25, 0.3) is 0 Å². The summed E-state index contributed by atoms with van der Waals surface area (Å²) in [6, 6.07) is 3.10. The molecule has 0 spiro atoms. The minimum absolute atomic E-state index is 0.0477. The van der Waals surface area contributed by atoms with Gasteiger partial charge in [-0.25, -0.2) is 21.6 Å². The Hall–Kier alpha value is -0.920. The van der Waals surface area contributed by atoms with Crippen molar-refractivity contribution >= 4 is 19.9 Å². The number of sulfone groups is 1. The van der Waals surface area contributed by atoms with E-state index in [1.54, 1.807) is 13.8 Å². The number of aryl methyl sites for hydroxylation is 3. The fourth-order valence-corrected chi connectivity index (χ4v) is 6.26. The highest BCUT2D eigenvalue weighted by molar-refractivity contribution is 7.92. The summed E-state index contributed by atoms with van der Waals surface area (Å²) in [4.78, 5) is 0.257. The van der Waals surface area contributed by atoms with E-state index in [-0.39, 0.29) is 16.4 Å². The van der Waals surface area contributed by atoms with Crippen molar-refractivity contribution in [3.8, 4) is 0 Å². The number of sulfonamides is 1. The molecule has 1 aromatic carbocycles. The molecule has 0 bridgehead atoms. The van der Waals surface area contributed by atoms with Crippen LogP contribution in [0.4, 0.5) is 0 Å². The third kappa shape index (κ3) is 3.21. The molecular formula is C13H19NO4S2. The molecule has 0 saturated carbocycles. The van der Waals surface area contributed by atoms with Crippen molar-refractivity contribution in [1.29, 1.82) is 0 Å².